The summed E-state index contributed by atoms with van der Waals surface area (Å²) < 4.78 is 62.3. The number of hydrogen-bond donors (Lipinski definition) is 0. The van der Waals surface area contributed by atoms with E-state index in [4.69, 9.17) is 0 Å². The van der Waals surface area contributed by atoms with Crippen molar-refractivity contribution in [2.45, 2.75) is 16.1 Å². The number of nitrogens with zero attached hydrogens (tertiary/aromatic N) is 1. The van der Waals surface area contributed by atoms with Gasteiger partial charge in [0.15, 0.2) is 9.84 Å². The SMILES string of the molecule is O=S(=O)(CCSc1ccc(C(F)(F)F)cn1)c1ccc(Br)cc1. The Labute approximate surface area is 144 Å². The number of sulfone groups is 1. The second-order valence-electron chi connectivity index (χ2n) is 4.50. The molecule has 0 N–H and O–H groups in total. The van der Waals surface area contributed by atoms with E-state index in [2.05, 4.69) is 20.9 Å². The lowest BCUT2D eigenvalue weighted by atomic mass is 10.3. The van der Waals surface area contributed by atoms with E-state index in [1.165, 1.54) is 18.2 Å². The van der Waals surface area contributed by atoms with Crippen LogP contribution in [0, 0.1) is 0 Å². The molecule has 1 heterocycles. The Balaban J connectivity index is 1.95. The first kappa shape index (κ1) is 18.3. The summed E-state index contributed by atoms with van der Waals surface area (Å²) >= 11 is 4.33. The van der Waals surface area contributed by atoms with Crippen LogP contribution < -0.4 is 0 Å². The highest BCUT2D eigenvalue weighted by Gasteiger charge is 2.30. The summed E-state index contributed by atoms with van der Waals surface area (Å²) in [6, 6.07) is 8.44. The van der Waals surface area contributed by atoms with Crippen LogP contribution in [0.1, 0.15) is 5.56 Å². The van der Waals surface area contributed by atoms with Gasteiger partial charge in [-0.3, -0.25) is 0 Å². The average Bonchev–Trinajstić information content (AvgIpc) is 2.47. The predicted octanol–water partition coefficient (Wildman–Crippen LogP) is 4.43. The molecule has 0 aliphatic carbocycles. The lowest BCUT2D eigenvalue weighted by molar-refractivity contribution is -0.137. The normalized spacial score (nSPS) is 12.3. The fourth-order valence-corrected chi connectivity index (χ4v) is 4.41. The maximum atomic E-state index is 12.4. The van der Waals surface area contributed by atoms with Gasteiger partial charge in [-0.2, -0.15) is 13.2 Å². The zero-order chi connectivity index (χ0) is 17.1. The maximum absolute atomic E-state index is 12.4. The Morgan fingerprint density at radius 1 is 1.09 bits per heavy atom. The molecule has 9 heteroatoms. The van der Waals surface area contributed by atoms with E-state index >= 15 is 0 Å². The third-order valence-corrected chi connectivity index (χ3v) is 6.30. The number of rotatable bonds is 5. The number of hydrogen-bond acceptors (Lipinski definition) is 4. The van der Waals surface area contributed by atoms with Gasteiger partial charge in [0, 0.05) is 16.4 Å². The van der Waals surface area contributed by atoms with Crippen molar-refractivity contribution >= 4 is 37.5 Å². The molecule has 0 amide bonds. The molecule has 0 aliphatic heterocycles. The van der Waals surface area contributed by atoms with Crippen LogP contribution in [0.2, 0.25) is 0 Å². The highest BCUT2D eigenvalue weighted by atomic mass is 79.9. The molecule has 2 rings (SSSR count). The van der Waals surface area contributed by atoms with E-state index in [9.17, 15) is 21.6 Å². The molecule has 0 fully saturated rings. The van der Waals surface area contributed by atoms with Gasteiger partial charge in [-0.05, 0) is 36.4 Å². The van der Waals surface area contributed by atoms with Crippen LogP contribution in [-0.4, -0.2) is 24.9 Å². The Hall–Kier alpha value is -1.06. The Kier molecular flexibility index (Phi) is 5.74. The van der Waals surface area contributed by atoms with Gasteiger partial charge in [-0.15, -0.1) is 11.8 Å². The second kappa shape index (κ2) is 7.23. The highest BCUT2D eigenvalue weighted by molar-refractivity contribution is 9.10. The zero-order valence-electron chi connectivity index (χ0n) is 11.5. The number of halogens is 4. The first-order chi connectivity index (χ1) is 10.7. The molecule has 0 saturated carbocycles. The minimum Gasteiger partial charge on any atom is -0.249 e. The van der Waals surface area contributed by atoms with Gasteiger partial charge < -0.3 is 0 Å². The van der Waals surface area contributed by atoms with E-state index < -0.39 is 21.6 Å². The highest BCUT2D eigenvalue weighted by Crippen LogP contribution is 2.29. The molecule has 0 bridgehead atoms. The standard InChI is InChI=1S/C14H11BrF3NO2S2/c15-11-2-4-12(5-3-11)23(20,21)8-7-22-13-6-1-10(9-19-13)14(16,17)18/h1-6,9H,7-8H2. The number of aromatic nitrogens is 1. The second-order valence-corrected chi connectivity index (χ2v) is 8.64. The predicted molar refractivity (Wildman–Crippen MR) is 86.2 cm³/mol. The van der Waals surface area contributed by atoms with Crippen LogP contribution in [0.5, 0.6) is 0 Å². The van der Waals surface area contributed by atoms with Gasteiger partial charge in [0.25, 0.3) is 0 Å². The average molecular weight is 426 g/mol. The van der Waals surface area contributed by atoms with Crippen molar-refractivity contribution in [2.24, 2.45) is 0 Å². The molecule has 0 atom stereocenters. The van der Waals surface area contributed by atoms with Gasteiger partial charge in [-0.1, -0.05) is 15.9 Å². The van der Waals surface area contributed by atoms with Crippen LogP contribution in [0.3, 0.4) is 0 Å². The summed E-state index contributed by atoms with van der Waals surface area (Å²) in [7, 11) is -3.43. The summed E-state index contributed by atoms with van der Waals surface area (Å²) in [6.07, 6.45) is -3.69. The first-order valence-corrected chi connectivity index (χ1v) is 9.76. The maximum Gasteiger partial charge on any atom is 0.417 e. The van der Waals surface area contributed by atoms with E-state index in [0.717, 1.165) is 28.5 Å². The molecule has 3 nitrogen and oxygen atoms in total. The van der Waals surface area contributed by atoms with Crippen LogP contribution in [-0.2, 0) is 16.0 Å². The van der Waals surface area contributed by atoms with E-state index in [1.807, 2.05) is 0 Å². The fourth-order valence-electron chi connectivity index (χ4n) is 1.65. The smallest absolute Gasteiger partial charge is 0.249 e. The van der Waals surface area contributed by atoms with E-state index in [-0.39, 0.29) is 16.4 Å². The molecule has 0 radical (unpaired) electrons. The number of pyridine rings is 1. The lowest BCUT2D eigenvalue weighted by Gasteiger charge is -2.07. The third-order valence-electron chi connectivity index (χ3n) is 2.84. The molecule has 124 valence electrons. The molecule has 0 unspecified atom stereocenters. The fraction of sp³-hybridized carbons (Fsp3) is 0.214. The molecule has 2 aromatic rings. The van der Waals surface area contributed by atoms with E-state index in [1.54, 1.807) is 12.1 Å². The van der Waals surface area contributed by atoms with Gasteiger partial charge >= 0.3 is 6.18 Å². The number of thioether (sulfide) groups is 1. The molecule has 1 aromatic carbocycles. The van der Waals surface area contributed by atoms with Crippen molar-refractivity contribution in [3.8, 4) is 0 Å². The molecule has 23 heavy (non-hydrogen) atoms. The van der Waals surface area contributed by atoms with Crippen molar-refractivity contribution in [1.29, 1.82) is 0 Å². The minimum absolute atomic E-state index is 0.123. The third kappa shape index (κ3) is 5.22. The van der Waals surface area contributed by atoms with Crippen LogP contribution in [0.25, 0.3) is 0 Å². The van der Waals surface area contributed by atoms with Crippen molar-refractivity contribution in [3.63, 3.8) is 0 Å². The van der Waals surface area contributed by atoms with Gasteiger partial charge in [0.2, 0.25) is 0 Å². The number of benzene rings is 1. The lowest BCUT2D eigenvalue weighted by Crippen LogP contribution is -2.09. The van der Waals surface area contributed by atoms with Crippen molar-refractivity contribution in [3.05, 3.63) is 52.6 Å². The van der Waals surface area contributed by atoms with Gasteiger partial charge in [-0.25, -0.2) is 13.4 Å². The molecule has 0 saturated heterocycles. The summed E-state index contributed by atoms with van der Waals surface area (Å²) in [5.74, 6) is 0.0821. The Morgan fingerprint density at radius 3 is 2.26 bits per heavy atom. The summed E-state index contributed by atoms with van der Waals surface area (Å²) in [6.45, 7) is 0. The molecule has 0 aliphatic rings. The minimum atomic E-state index is -4.43. The summed E-state index contributed by atoms with van der Waals surface area (Å²) in [4.78, 5) is 3.90. The Bertz CT molecular complexity index is 760. The summed E-state index contributed by atoms with van der Waals surface area (Å²) in [5.41, 5.74) is -0.829. The molecule has 0 spiro atoms. The number of alkyl halides is 3. The molecule has 1 aromatic heterocycles. The van der Waals surface area contributed by atoms with Crippen LogP contribution in [0.15, 0.2) is 57.0 Å². The van der Waals surface area contributed by atoms with Crippen molar-refractivity contribution < 1.29 is 21.6 Å². The quantitative estimate of drug-likeness (QED) is 0.664. The zero-order valence-corrected chi connectivity index (χ0v) is 14.8. The Morgan fingerprint density at radius 2 is 1.74 bits per heavy atom. The van der Waals surface area contributed by atoms with Crippen LogP contribution in [0.4, 0.5) is 13.2 Å². The van der Waals surface area contributed by atoms with E-state index in [0.29, 0.717) is 5.03 Å². The van der Waals surface area contributed by atoms with Crippen molar-refractivity contribution in [1.82, 2.24) is 4.98 Å². The van der Waals surface area contributed by atoms with Gasteiger partial charge in [0.05, 0.1) is 21.2 Å². The summed E-state index contributed by atoms with van der Waals surface area (Å²) in [5, 5.41) is 0.351. The molecular weight excluding hydrogens is 415 g/mol. The van der Waals surface area contributed by atoms with Crippen LogP contribution >= 0.6 is 27.7 Å². The topological polar surface area (TPSA) is 47.0 Å². The largest absolute Gasteiger partial charge is 0.417 e. The van der Waals surface area contributed by atoms with Gasteiger partial charge in [0.1, 0.15) is 0 Å². The first-order valence-electron chi connectivity index (χ1n) is 6.33. The van der Waals surface area contributed by atoms with Crippen molar-refractivity contribution in [2.75, 3.05) is 11.5 Å². The molecular formula is C14H11BrF3NO2S2. The monoisotopic (exact) mass is 425 g/mol.